The lowest BCUT2D eigenvalue weighted by Crippen LogP contribution is -2.10. The Labute approximate surface area is 192 Å². The number of nitrogens with zero attached hydrogens (tertiary/aromatic N) is 3. The molecule has 0 aliphatic rings. The zero-order chi connectivity index (χ0) is 22.9. The van der Waals surface area contributed by atoms with Gasteiger partial charge in [0.15, 0.2) is 5.75 Å². The Hall–Kier alpha value is -4.33. The second kappa shape index (κ2) is 10.8. The van der Waals surface area contributed by atoms with Crippen molar-refractivity contribution in [3.8, 4) is 5.75 Å². The first-order valence-corrected chi connectivity index (χ1v) is 10.7. The third kappa shape index (κ3) is 5.88. The van der Waals surface area contributed by atoms with Gasteiger partial charge >= 0.3 is 5.97 Å². The molecule has 0 bridgehead atoms. The van der Waals surface area contributed by atoms with E-state index in [4.69, 9.17) is 9.47 Å². The first kappa shape index (κ1) is 21.9. The van der Waals surface area contributed by atoms with Crippen LogP contribution in [-0.2, 0) is 11.3 Å². The number of esters is 1. The zero-order valence-corrected chi connectivity index (χ0v) is 18.3. The standard InChI is InChI=1S/C25H25N5O3/c1-2-32-25(31)19-11-13-21(14-12-19)29-23-10-6-9-22(28-20-7-4-3-5-8-20)24(23)33-16-15-30-18-26-17-27-30/h3-14,17-18,28-29H,2,15-16H2,1H3. The number of ether oxygens (including phenoxy) is 2. The number of carbonyl (C=O) groups is 1. The van der Waals surface area contributed by atoms with E-state index < -0.39 is 0 Å². The molecule has 33 heavy (non-hydrogen) atoms. The van der Waals surface area contributed by atoms with Crippen molar-refractivity contribution >= 4 is 28.7 Å². The second-order valence-electron chi connectivity index (χ2n) is 7.10. The van der Waals surface area contributed by atoms with Crippen LogP contribution in [0.3, 0.4) is 0 Å². The minimum absolute atomic E-state index is 0.338. The first-order chi connectivity index (χ1) is 16.2. The average molecular weight is 444 g/mol. The highest BCUT2D eigenvalue weighted by molar-refractivity contribution is 5.90. The highest BCUT2D eigenvalue weighted by Crippen LogP contribution is 2.37. The number of anilines is 4. The van der Waals surface area contributed by atoms with E-state index in [1.807, 2.05) is 60.7 Å². The molecule has 2 N–H and O–H groups in total. The fourth-order valence-corrected chi connectivity index (χ4v) is 3.22. The van der Waals surface area contributed by atoms with Gasteiger partial charge < -0.3 is 20.1 Å². The number of para-hydroxylation sites is 2. The lowest BCUT2D eigenvalue weighted by Gasteiger charge is -2.18. The Morgan fingerprint density at radius 1 is 0.909 bits per heavy atom. The number of rotatable bonds is 10. The summed E-state index contributed by atoms with van der Waals surface area (Å²) < 4.78 is 13.0. The second-order valence-corrected chi connectivity index (χ2v) is 7.10. The van der Waals surface area contributed by atoms with Crippen LogP contribution in [0.5, 0.6) is 5.75 Å². The Balaban J connectivity index is 1.56. The fourth-order valence-electron chi connectivity index (χ4n) is 3.22. The van der Waals surface area contributed by atoms with Gasteiger partial charge in [0.1, 0.15) is 19.3 Å². The van der Waals surface area contributed by atoms with E-state index >= 15 is 0 Å². The monoisotopic (exact) mass is 443 g/mol. The Morgan fingerprint density at radius 2 is 1.61 bits per heavy atom. The molecule has 0 radical (unpaired) electrons. The SMILES string of the molecule is CCOC(=O)c1ccc(Nc2cccc(Nc3ccccc3)c2OCCn2cncn2)cc1. The molecule has 0 aliphatic carbocycles. The van der Waals surface area contributed by atoms with Gasteiger partial charge in [-0.05, 0) is 55.5 Å². The molecule has 0 saturated heterocycles. The maximum atomic E-state index is 11.9. The van der Waals surface area contributed by atoms with Crippen molar-refractivity contribution in [2.45, 2.75) is 13.5 Å². The molecule has 0 amide bonds. The van der Waals surface area contributed by atoms with Crippen LogP contribution in [-0.4, -0.2) is 33.9 Å². The molecule has 8 heteroatoms. The number of benzene rings is 3. The van der Waals surface area contributed by atoms with E-state index in [-0.39, 0.29) is 5.97 Å². The number of aromatic nitrogens is 3. The van der Waals surface area contributed by atoms with Crippen molar-refractivity contribution in [1.82, 2.24) is 14.8 Å². The van der Waals surface area contributed by atoms with Crippen LogP contribution >= 0.6 is 0 Å². The van der Waals surface area contributed by atoms with E-state index in [0.29, 0.717) is 31.1 Å². The quantitative estimate of drug-likeness (QED) is 0.333. The van der Waals surface area contributed by atoms with Crippen LogP contribution in [0.15, 0.2) is 85.5 Å². The molecule has 3 aromatic carbocycles. The predicted molar refractivity (Wildman–Crippen MR) is 127 cm³/mol. The van der Waals surface area contributed by atoms with E-state index in [1.165, 1.54) is 6.33 Å². The Kier molecular flexibility index (Phi) is 7.17. The van der Waals surface area contributed by atoms with Crippen LogP contribution in [0, 0.1) is 0 Å². The van der Waals surface area contributed by atoms with Crippen LogP contribution in [0.4, 0.5) is 22.7 Å². The van der Waals surface area contributed by atoms with E-state index in [1.54, 1.807) is 30.1 Å². The summed E-state index contributed by atoms with van der Waals surface area (Å²) in [5.74, 6) is 0.339. The summed E-state index contributed by atoms with van der Waals surface area (Å²) in [7, 11) is 0. The molecule has 0 unspecified atom stereocenters. The summed E-state index contributed by atoms with van der Waals surface area (Å²) in [6.07, 6.45) is 3.15. The van der Waals surface area contributed by atoms with Crippen molar-refractivity contribution in [1.29, 1.82) is 0 Å². The molecule has 8 nitrogen and oxygen atoms in total. The highest BCUT2D eigenvalue weighted by Gasteiger charge is 2.12. The molecule has 0 fully saturated rings. The molecule has 4 aromatic rings. The number of hydrogen-bond acceptors (Lipinski definition) is 7. The van der Waals surface area contributed by atoms with Gasteiger partial charge in [0.05, 0.1) is 30.1 Å². The first-order valence-electron chi connectivity index (χ1n) is 10.7. The lowest BCUT2D eigenvalue weighted by atomic mass is 10.2. The van der Waals surface area contributed by atoms with Crippen molar-refractivity contribution < 1.29 is 14.3 Å². The summed E-state index contributed by atoms with van der Waals surface area (Å²) in [4.78, 5) is 15.9. The van der Waals surface area contributed by atoms with Gasteiger partial charge in [-0.25, -0.2) is 14.5 Å². The van der Waals surface area contributed by atoms with Crippen molar-refractivity contribution in [3.05, 3.63) is 91.0 Å². The Morgan fingerprint density at radius 3 is 2.24 bits per heavy atom. The molecular formula is C25H25N5O3. The molecule has 0 spiro atoms. The van der Waals surface area contributed by atoms with Crippen LogP contribution in [0.25, 0.3) is 0 Å². The molecule has 1 aromatic heterocycles. The summed E-state index contributed by atoms with van der Waals surface area (Å²) in [5.41, 5.74) is 3.90. The largest absolute Gasteiger partial charge is 0.487 e. The van der Waals surface area contributed by atoms with Gasteiger partial charge in [-0.1, -0.05) is 24.3 Å². The normalized spacial score (nSPS) is 10.5. The topological polar surface area (TPSA) is 90.3 Å². The van der Waals surface area contributed by atoms with Gasteiger partial charge in [-0.15, -0.1) is 0 Å². The summed E-state index contributed by atoms with van der Waals surface area (Å²) in [5, 5.41) is 10.9. The van der Waals surface area contributed by atoms with Gasteiger partial charge in [-0.2, -0.15) is 5.10 Å². The zero-order valence-electron chi connectivity index (χ0n) is 18.3. The molecule has 0 atom stereocenters. The van der Waals surface area contributed by atoms with E-state index in [0.717, 1.165) is 22.7 Å². The minimum Gasteiger partial charge on any atom is -0.487 e. The molecule has 1 heterocycles. The molecule has 0 saturated carbocycles. The van der Waals surface area contributed by atoms with Crippen molar-refractivity contribution in [2.75, 3.05) is 23.8 Å². The minimum atomic E-state index is -0.338. The number of hydrogen-bond donors (Lipinski definition) is 2. The number of carbonyl (C=O) groups excluding carboxylic acids is 1. The summed E-state index contributed by atoms with van der Waals surface area (Å²) in [6, 6.07) is 22.9. The van der Waals surface area contributed by atoms with Gasteiger partial charge in [0, 0.05) is 11.4 Å². The predicted octanol–water partition coefficient (Wildman–Crippen LogP) is 5.02. The number of nitrogens with one attached hydrogen (secondary N) is 2. The molecule has 4 rings (SSSR count). The molecule has 0 aliphatic heterocycles. The van der Waals surface area contributed by atoms with E-state index in [2.05, 4.69) is 20.7 Å². The van der Waals surface area contributed by atoms with Crippen molar-refractivity contribution in [2.24, 2.45) is 0 Å². The van der Waals surface area contributed by atoms with Crippen molar-refractivity contribution in [3.63, 3.8) is 0 Å². The third-order valence-corrected chi connectivity index (χ3v) is 4.78. The van der Waals surface area contributed by atoms with Crippen LogP contribution < -0.4 is 15.4 Å². The van der Waals surface area contributed by atoms with Gasteiger partial charge in [-0.3, -0.25) is 0 Å². The summed E-state index contributed by atoms with van der Waals surface area (Å²) in [6.45, 7) is 3.10. The maximum Gasteiger partial charge on any atom is 0.338 e. The van der Waals surface area contributed by atoms with Gasteiger partial charge in [0.25, 0.3) is 0 Å². The van der Waals surface area contributed by atoms with E-state index in [9.17, 15) is 4.79 Å². The smallest absolute Gasteiger partial charge is 0.338 e. The maximum absolute atomic E-state index is 11.9. The lowest BCUT2D eigenvalue weighted by molar-refractivity contribution is 0.0526. The summed E-state index contributed by atoms with van der Waals surface area (Å²) >= 11 is 0. The Bertz CT molecular complexity index is 1160. The van der Waals surface area contributed by atoms with Crippen LogP contribution in [0.1, 0.15) is 17.3 Å². The van der Waals surface area contributed by atoms with Gasteiger partial charge in [0.2, 0.25) is 0 Å². The molecular weight excluding hydrogens is 418 g/mol. The highest BCUT2D eigenvalue weighted by atomic mass is 16.5. The third-order valence-electron chi connectivity index (χ3n) is 4.78. The molecule has 168 valence electrons. The average Bonchev–Trinajstić information content (AvgIpc) is 3.36. The van der Waals surface area contributed by atoms with Crippen LogP contribution in [0.2, 0.25) is 0 Å². The fraction of sp³-hybridized carbons (Fsp3) is 0.160.